The molecule has 0 saturated heterocycles. The monoisotopic (exact) mass is 366 g/mol. The number of furan rings is 1. The average molecular weight is 366 g/mol. The average Bonchev–Trinajstić information content (AvgIpc) is 3.25. The molecule has 0 saturated carbocycles. The molecule has 4 aromatic rings. The molecule has 4 rings (SSSR count). The van der Waals surface area contributed by atoms with Gasteiger partial charge in [-0.3, -0.25) is 14.2 Å². The quantitative estimate of drug-likeness (QED) is 0.599. The number of hydrogen-bond acceptors (Lipinski definition) is 6. The van der Waals surface area contributed by atoms with Crippen LogP contribution in [0.1, 0.15) is 5.56 Å². The van der Waals surface area contributed by atoms with Crippen LogP contribution in [0.5, 0.6) is 0 Å². The molecule has 3 heterocycles. The van der Waals surface area contributed by atoms with Gasteiger partial charge in [0.25, 0.3) is 5.56 Å². The van der Waals surface area contributed by atoms with Gasteiger partial charge in [0, 0.05) is 6.07 Å². The number of anilines is 1. The number of hydrogen-bond donors (Lipinski definition) is 1. The topological polar surface area (TPSA) is 90.0 Å². The van der Waals surface area contributed by atoms with Crippen molar-refractivity contribution in [2.45, 2.75) is 13.5 Å². The van der Waals surface area contributed by atoms with Gasteiger partial charge in [0.1, 0.15) is 12.2 Å². The van der Waals surface area contributed by atoms with Crippen molar-refractivity contribution in [2.24, 2.45) is 0 Å². The maximum Gasteiger partial charge on any atom is 0.254 e. The second-order valence-corrected chi connectivity index (χ2v) is 6.79. The summed E-state index contributed by atoms with van der Waals surface area (Å²) in [6.45, 7) is 1.86. The fourth-order valence-electron chi connectivity index (χ4n) is 2.50. The second-order valence-electron chi connectivity index (χ2n) is 5.76. The Morgan fingerprint density at radius 2 is 2.19 bits per heavy atom. The normalized spacial score (nSPS) is 11.0. The van der Waals surface area contributed by atoms with Gasteiger partial charge in [-0.1, -0.05) is 17.4 Å². The first-order chi connectivity index (χ1) is 12.6. The Bertz CT molecular complexity index is 1140. The molecule has 0 radical (unpaired) electrons. The van der Waals surface area contributed by atoms with Crippen molar-refractivity contribution in [3.8, 4) is 11.5 Å². The van der Waals surface area contributed by atoms with E-state index in [0.717, 1.165) is 15.8 Å². The third-order valence-electron chi connectivity index (χ3n) is 3.76. The lowest BCUT2D eigenvalue weighted by atomic mass is 10.2. The number of benzene rings is 1. The van der Waals surface area contributed by atoms with E-state index in [9.17, 15) is 9.59 Å². The standard InChI is InChI=1S/C18H14N4O3S/c1-11-4-5-12-15(7-11)26-18(20-12)21-16(23)9-22-10-19-13(8-17(22)24)14-3-2-6-25-14/h2-8,10H,9H2,1H3,(H,20,21,23). The minimum Gasteiger partial charge on any atom is -0.463 e. The molecule has 3 aromatic heterocycles. The fourth-order valence-corrected chi connectivity index (χ4v) is 3.48. The largest absolute Gasteiger partial charge is 0.463 e. The zero-order valence-electron chi connectivity index (χ0n) is 13.8. The molecule has 26 heavy (non-hydrogen) atoms. The zero-order valence-corrected chi connectivity index (χ0v) is 14.6. The first-order valence-electron chi connectivity index (χ1n) is 7.86. The molecule has 130 valence electrons. The molecular formula is C18H14N4O3S. The predicted octanol–water partition coefficient (Wildman–Crippen LogP) is 3.06. The third-order valence-corrected chi connectivity index (χ3v) is 4.69. The van der Waals surface area contributed by atoms with E-state index in [0.29, 0.717) is 16.6 Å². The summed E-state index contributed by atoms with van der Waals surface area (Å²) in [7, 11) is 0. The SMILES string of the molecule is Cc1ccc2nc(NC(=O)Cn3cnc(-c4ccco4)cc3=O)sc2c1. The van der Waals surface area contributed by atoms with Gasteiger partial charge in [0.15, 0.2) is 10.9 Å². The molecule has 0 atom stereocenters. The van der Waals surface area contributed by atoms with E-state index in [2.05, 4.69) is 15.3 Å². The molecule has 0 aliphatic rings. The van der Waals surface area contributed by atoms with Gasteiger partial charge >= 0.3 is 0 Å². The maximum atomic E-state index is 12.2. The van der Waals surface area contributed by atoms with E-state index in [1.807, 2.05) is 25.1 Å². The van der Waals surface area contributed by atoms with Crippen molar-refractivity contribution in [1.29, 1.82) is 0 Å². The van der Waals surface area contributed by atoms with Gasteiger partial charge in [-0.25, -0.2) is 9.97 Å². The van der Waals surface area contributed by atoms with E-state index >= 15 is 0 Å². The highest BCUT2D eigenvalue weighted by Crippen LogP contribution is 2.26. The van der Waals surface area contributed by atoms with Crippen molar-refractivity contribution >= 4 is 32.6 Å². The molecule has 0 aliphatic heterocycles. The molecular weight excluding hydrogens is 352 g/mol. The summed E-state index contributed by atoms with van der Waals surface area (Å²) < 4.78 is 7.45. The molecule has 1 aromatic carbocycles. The van der Waals surface area contributed by atoms with Crippen molar-refractivity contribution in [1.82, 2.24) is 14.5 Å². The number of nitrogens with one attached hydrogen (secondary N) is 1. The number of thiazole rings is 1. The predicted molar refractivity (Wildman–Crippen MR) is 99.2 cm³/mol. The Balaban J connectivity index is 1.49. The van der Waals surface area contributed by atoms with Crippen LogP contribution in [0.3, 0.4) is 0 Å². The molecule has 1 N–H and O–H groups in total. The zero-order chi connectivity index (χ0) is 18.1. The third kappa shape index (κ3) is 3.27. The van der Waals surface area contributed by atoms with Crippen LogP contribution in [-0.4, -0.2) is 20.4 Å². The van der Waals surface area contributed by atoms with E-state index in [1.54, 1.807) is 12.1 Å². The van der Waals surface area contributed by atoms with E-state index in [1.165, 1.54) is 34.6 Å². The summed E-state index contributed by atoms with van der Waals surface area (Å²) in [5, 5.41) is 3.23. The van der Waals surface area contributed by atoms with E-state index < -0.39 is 0 Å². The van der Waals surface area contributed by atoms with Crippen LogP contribution in [0, 0.1) is 6.92 Å². The van der Waals surface area contributed by atoms with Crippen molar-refractivity contribution in [2.75, 3.05) is 5.32 Å². The van der Waals surface area contributed by atoms with Crippen LogP contribution in [0.2, 0.25) is 0 Å². The Hall–Kier alpha value is -3.26. The van der Waals surface area contributed by atoms with E-state index in [4.69, 9.17) is 4.42 Å². The van der Waals surface area contributed by atoms with Gasteiger partial charge < -0.3 is 9.73 Å². The lowest BCUT2D eigenvalue weighted by Crippen LogP contribution is -2.27. The van der Waals surface area contributed by atoms with Gasteiger partial charge in [-0.2, -0.15) is 0 Å². The summed E-state index contributed by atoms with van der Waals surface area (Å²) in [6, 6.07) is 10.7. The number of fused-ring (bicyclic) bond motifs is 1. The Labute approximate surface area is 151 Å². The number of nitrogens with zero attached hydrogens (tertiary/aromatic N) is 3. The van der Waals surface area contributed by atoms with Gasteiger partial charge in [-0.15, -0.1) is 0 Å². The molecule has 0 unspecified atom stereocenters. The van der Waals surface area contributed by atoms with Gasteiger partial charge in [-0.05, 0) is 36.8 Å². The van der Waals surface area contributed by atoms with Crippen LogP contribution in [0.4, 0.5) is 5.13 Å². The second kappa shape index (κ2) is 6.57. The summed E-state index contributed by atoms with van der Waals surface area (Å²) in [5.74, 6) is 0.166. The fraction of sp³-hybridized carbons (Fsp3) is 0.111. The summed E-state index contributed by atoms with van der Waals surface area (Å²) in [6.07, 6.45) is 2.84. The number of rotatable bonds is 4. The smallest absolute Gasteiger partial charge is 0.254 e. The lowest BCUT2D eigenvalue weighted by Gasteiger charge is -2.05. The van der Waals surface area contributed by atoms with Crippen molar-refractivity contribution < 1.29 is 9.21 Å². The first-order valence-corrected chi connectivity index (χ1v) is 8.67. The number of carbonyl (C=O) groups is 1. The Morgan fingerprint density at radius 1 is 1.31 bits per heavy atom. The molecule has 7 nitrogen and oxygen atoms in total. The van der Waals surface area contributed by atoms with Crippen LogP contribution in [0.15, 0.2) is 58.2 Å². The van der Waals surface area contributed by atoms with E-state index in [-0.39, 0.29) is 18.0 Å². The molecule has 1 amide bonds. The summed E-state index contributed by atoms with van der Waals surface area (Å²) in [4.78, 5) is 33.0. The molecule has 8 heteroatoms. The van der Waals surface area contributed by atoms with Crippen LogP contribution < -0.4 is 10.9 Å². The minimum absolute atomic E-state index is 0.140. The van der Waals surface area contributed by atoms with Crippen LogP contribution in [0.25, 0.3) is 21.7 Å². The first kappa shape index (κ1) is 16.2. The number of aryl methyl sites for hydroxylation is 1. The molecule has 0 fully saturated rings. The Kier molecular flexibility index (Phi) is 4.10. The van der Waals surface area contributed by atoms with Crippen LogP contribution in [-0.2, 0) is 11.3 Å². The summed E-state index contributed by atoms with van der Waals surface area (Å²) in [5.41, 5.74) is 2.06. The Morgan fingerprint density at radius 3 is 2.96 bits per heavy atom. The minimum atomic E-state index is -0.338. The van der Waals surface area contributed by atoms with Crippen molar-refractivity contribution in [3.63, 3.8) is 0 Å². The molecule has 0 bridgehead atoms. The summed E-state index contributed by atoms with van der Waals surface area (Å²) >= 11 is 1.40. The highest BCUT2D eigenvalue weighted by Gasteiger charge is 2.11. The highest BCUT2D eigenvalue weighted by atomic mass is 32.1. The highest BCUT2D eigenvalue weighted by molar-refractivity contribution is 7.22. The number of carbonyl (C=O) groups excluding carboxylic acids is 1. The lowest BCUT2D eigenvalue weighted by molar-refractivity contribution is -0.116. The van der Waals surface area contributed by atoms with Crippen molar-refractivity contribution in [3.05, 3.63) is 64.9 Å². The van der Waals surface area contributed by atoms with Crippen LogP contribution >= 0.6 is 11.3 Å². The number of amides is 1. The van der Waals surface area contributed by atoms with Gasteiger partial charge in [0.2, 0.25) is 5.91 Å². The molecule has 0 aliphatic carbocycles. The number of aromatic nitrogens is 3. The van der Waals surface area contributed by atoms with Gasteiger partial charge in [0.05, 0.1) is 22.8 Å². The maximum absolute atomic E-state index is 12.2. The molecule has 0 spiro atoms.